The minimum atomic E-state index is -0.464. The molecular formula is C13H13FN2O3. The number of ether oxygens (including phenoxy) is 1. The van der Waals surface area contributed by atoms with E-state index in [-0.39, 0.29) is 17.9 Å². The third-order valence-corrected chi connectivity index (χ3v) is 2.49. The molecule has 0 unspecified atom stereocenters. The predicted octanol–water partition coefficient (Wildman–Crippen LogP) is 1.96. The summed E-state index contributed by atoms with van der Waals surface area (Å²) >= 11 is 0. The largest absolute Gasteiger partial charge is 0.508 e. The van der Waals surface area contributed by atoms with Crippen molar-refractivity contribution in [2.45, 2.75) is 13.5 Å². The van der Waals surface area contributed by atoms with Gasteiger partial charge in [-0.1, -0.05) is 0 Å². The molecular weight excluding hydrogens is 251 g/mol. The molecule has 1 N–H and O–H groups in total. The number of benzene rings is 1. The fourth-order valence-electron chi connectivity index (χ4n) is 1.66. The summed E-state index contributed by atoms with van der Waals surface area (Å²) in [5.74, 6) is -0.906. The average molecular weight is 264 g/mol. The highest BCUT2D eigenvalue weighted by molar-refractivity contribution is 5.69. The maximum Gasteiger partial charge on any atom is 0.327 e. The first-order valence-corrected chi connectivity index (χ1v) is 5.77. The molecule has 0 aliphatic carbocycles. The van der Waals surface area contributed by atoms with E-state index in [1.807, 2.05) is 0 Å². The van der Waals surface area contributed by atoms with Gasteiger partial charge in [0.05, 0.1) is 12.8 Å². The molecule has 2 aromatic rings. The highest BCUT2D eigenvalue weighted by atomic mass is 19.1. The summed E-state index contributed by atoms with van der Waals surface area (Å²) in [6.45, 7) is 1.98. The van der Waals surface area contributed by atoms with Crippen molar-refractivity contribution >= 4 is 5.97 Å². The van der Waals surface area contributed by atoms with E-state index in [0.29, 0.717) is 12.2 Å². The summed E-state index contributed by atoms with van der Waals surface area (Å²) in [6.07, 6.45) is 2.95. The van der Waals surface area contributed by atoms with Gasteiger partial charge in [-0.05, 0) is 25.1 Å². The quantitative estimate of drug-likeness (QED) is 0.857. The second-order valence-electron chi connectivity index (χ2n) is 3.90. The van der Waals surface area contributed by atoms with E-state index in [0.717, 1.165) is 0 Å². The summed E-state index contributed by atoms with van der Waals surface area (Å²) in [5.41, 5.74) is 0.716. The number of halogens is 1. The fraction of sp³-hybridized carbons (Fsp3) is 0.231. The van der Waals surface area contributed by atoms with E-state index in [9.17, 15) is 14.3 Å². The summed E-state index contributed by atoms with van der Waals surface area (Å²) in [7, 11) is 0. The summed E-state index contributed by atoms with van der Waals surface area (Å²) in [5, 5.41) is 13.3. The number of esters is 1. The van der Waals surface area contributed by atoms with Crippen LogP contribution in [-0.4, -0.2) is 27.5 Å². The van der Waals surface area contributed by atoms with Gasteiger partial charge in [0, 0.05) is 17.3 Å². The van der Waals surface area contributed by atoms with Gasteiger partial charge >= 0.3 is 5.97 Å². The number of nitrogens with zero attached hydrogens (tertiary/aromatic N) is 2. The Morgan fingerprint density at radius 3 is 3.05 bits per heavy atom. The summed E-state index contributed by atoms with van der Waals surface area (Å²) in [4.78, 5) is 11.3. The lowest BCUT2D eigenvalue weighted by Crippen LogP contribution is -2.13. The smallest absolute Gasteiger partial charge is 0.327 e. The highest BCUT2D eigenvalue weighted by Gasteiger charge is 2.10. The second-order valence-corrected chi connectivity index (χ2v) is 3.90. The number of rotatable bonds is 4. The predicted molar refractivity (Wildman–Crippen MR) is 65.9 cm³/mol. The molecule has 0 fully saturated rings. The molecule has 0 aliphatic rings. The van der Waals surface area contributed by atoms with Gasteiger partial charge in [0.15, 0.2) is 0 Å². The Labute approximate surface area is 109 Å². The van der Waals surface area contributed by atoms with E-state index >= 15 is 0 Å². The number of aromatic nitrogens is 2. The van der Waals surface area contributed by atoms with E-state index in [1.165, 1.54) is 35.3 Å². The molecule has 0 bridgehead atoms. The minimum absolute atomic E-state index is 0.0328. The normalized spacial score (nSPS) is 10.4. The molecule has 0 saturated heterocycles. The van der Waals surface area contributed by atoms with Crippen LogP contribution in [0.15, 0.2) is 30.6 Å². The monoisotopic (exact) mass is 264 g/mol. The van der Waals surface area contributed by atoms with Crippen LogP contribution in [0, 0.1) is 5.82 Å². The van der Waals surface area contributed by atoms with Crippen LogP contribution in [-0.2, 0) is 16.1 Å². The van der Waals surface area contributed by atoms with Crippen molar-refractivity contribution in [3.8, 4) is 16.9 Å². The van der Waals surface area contributed by atoms with Crippen molar-refractivity contribution in [1.29, 1.82) is 0 Å². The van der Waals surface area contributed by atoms with Gasteiger partial charge in [-0.2, -0.15) is 5.10 Å². The Bertz CT molecular complexity index is 595. The molecule has 1 heterocycles. The zero-order valence-corrected chi connectivity index (χ0v) is 10.3. The Balaban J connectivity index is 2.21. The average Bonchev–Trinajstić information content (AvgIpc) is 2.81. The van der Waals surface area contributed by atoms with Gasteiger partial charge in [-0.15, -0.1) is 0 Å². The van der Waals surface area contributed by atoms with E-state index in [4.69, 9.17) is 4.74 Å². The molecule has 19 heavy (non-hydrogen) atoms. The van der Waals surface area contributed by atoms with Gasteiger partial charge in [-0.3, -0.25) is 9.48 Å². The molecule has 0 atom stereocenters. The van der Waals surface area contributed by atoms with Crippen molar-refractivity contribution in [3.05, 3.63) is 36.4 Å². The lowest BCUT2D eigenvalue weighted by Gasteiger charge is -2.02. The molecule has 2 rings (SSSR count). The number of carbonyl (C=O) groups is 1. The van der Waals surface area contributed by atoms with Crippen LogP contribution in [0.5, 0.6) is 5.75 Å². The first kappa shape index (κ1) is 13.1. The molecule has 100 valence electrons. The Morgan fingerprint density at radius 1 is 1.53 bits per heavy atom. The van der Waals surface area contributed by atoms with Crippen LogP contribution in [0.4, 0.5) is 4.39 Å². The van der Waals surface area contributed by atoms with Crippen LogP contribution in [0.3, 0.4) is 0 Å². The van der Waals surface area contributed by atoms with Gasteiger partial charge in [0.2, 0.25) is 0 Å². The highest BCUT2D eigenvalue weighted by Crippen LogP contribution is 2.25. The van der Waals surface area contributed by atoms with E-state index in [2.05, 4.69) is 5.10 Å². The molecule has 0 aliphatic heterocycles. The third kappa shape index (κ3) is 3.09. The number of carbonyl (C=O) groups excluding carboxylic acids is 1. The Kier molecular flexibility index (Phi) is 3.79. The Morgan fingerprint density at radius 2 is 2.32 bits per heavy atom. The van der Waals surface area contributed by atoms with Crippen LogP contribution in [0.1, 0.15) is 6.92 Å². The molecule has 0 amide bonds. The van der Waals surface area contributed by atoms with Crippen LogP contribution in [0.25, 0.3) is 11.1 Å². The van der Waals surface area contributed by atoms with Crippen molar-refractivity contribution in [1.82, 2.24) is 9.78 Å². The first-order valence-electron chi connectivity index (χ1n) is 5.77. The number of aromatic hydroxyl groups is 1. The van der Waals surface area contributed by atoms with Crippen LogP contribution >= 0.6 is 0 Å². The fourth-order valence-corrected chi connectivity index (χ4v) is 1.66. The van der Waals surface area contributed by atoms with Crippen molar-refractivity contribution in [2.75, 3.05) is 6.61 Å². The first-order chi connectivity index (χ1) is 9.10. The molecule has 0 spiro atoms. The maximum absolute atomic E-state index is 13.6. The number of phenolic OH excluding ortho intramolecular Hbond substituents is 1. The minimum Gasteiger partial charge on any atom is -0.508 e. The van der Waals surface area contributed by atoms with Gasteiger partial charge in [-0.25, -0.2) is 4.39 Å². The topological polar surface area (TPSA) is 64.3 Å². The van der Waals surface area contributed by atoms with E-state index < -0.39 is 11.8 Å². The van der Waals surface area contributed by atoms with Gasteiger partial charge in [0.1, 0.15) is 18.1 Å². The molecule has 5 nitrogen and oxygen atoms in total. The molecule has 1 aromatic heterocycles. The third-order valence-electron chi connectivity index (χ3n) is 2.49. The number of phenols is 1. The SMILES string of the molecule is CCOC(=O)Cn1cc(-c2cc(O)ccc2F)cn1. The maximum atomic E-state index is 13.6. The number of hydrogen-bond donors (Lipinski definition) is 1. The molecule has 6 heteroatoms. The van der Waals surface area contributed by atoms with Gasteiger partial charge < -0.3 is 9.84 Å². The number of hydrogen-bond acceptors (Lipinski definition) is 4. The lowest BCUT2D eigenvalue weighted by atomic mass is 10.1. The van der Waals surface area contributed by atoms with Crippen molar-refractivity contribution in [2.24, 2.45) is 0 Å². The summed E-state index contributed by atoms with van der Waals surface area (Å²) < 4.78 is 19.8. The summed E-state index contributed by atoms with van der Waals surface area (Å²) in [6, 6.07) is 3.75. The van der Waals surface area contributed by atoms with E-state index in [1.54, 1.807) is 6.92 Å². The van der Waals surface area contributed by atoms with Crippen molar-refractivity contribution in [3.63, 3.8) is 0 Å². The standard InChI is InChI=1S/C13H13FN2O3/c1-2-19-13(18)8-16-7-9(6-15-16)11-5-10(17)3-4-12(11)14/h3-7,17H,2,8H2,1H3. The van der Waals surface area contributed by atoms with Gasteiger partial charge in [0.25, 0.3) is 0 Å². The molecule has 0 radical (unpaired) electrons. The van der Waals surface area contributed by atoms with Crippen LogP contribution < -0.4 is 0 Å². The van der Waals surface area contributed by atoms with Crippen LogP contribution in [0.2, 0.25) is 0 Å². The second kappa shape index (κ2) is 5.51. The zero-order valence-electron chi connectivity index (χ0n) is 10.3. The molecule has 0 saturated carbocycles. The van der Waals surface area contributed by atoms with Crippen molar-refractivity contribution < 1.29 is 19.0 Å². The Hall–Kier alpha value is -2.37. The zero-order chi connectivity index (χ0) is 13.8. The molecule has 1 aromatic carbocycles. The lowest BCUT2D eigenvalue weighted by molar-refractivity contribution is -0.144.